The normalized spacial score (nSPS) is 10.3. The summed E-state index contributed by atoms with van der Waals surface area (Å²) in [7, 11) is 0. The van der Waals surface area contributed by atoms with Crippen LogP contribution in [0.4, 0.5) is 5.69 Å². The lowest BCUT2D eigenvalue weighted by molar-refractivity contribution is 0.0951. The van der Waals surface area contributed by atoms with Gasteiger partial charge in [-0.15, -0.1) is 0 Å². The molecule has 3 rings (SSSR count). The van der Waals surface area contributed by atoms with E-state index in [9.17, 15) is 9.59 Å². The highest BCUT2D eigenvalue weighted by Crippen LogP contribution is 2.12. The number of amides is 2. The van der Waals surface area contributed by atoms with E-state index in [-0.39, 0.29) is 17.5 Å². The number of nitrogens with one attached hydrogen (secondary N) is 2. The van der Waals surface area contributed by atoms with Gasteiger partial charge in [0, 0.05) is 24.0 Å². The molecular weight excluding hydrogens is 338 g/mol. The van der Waals surface area contributed by atoms with E-state index in [1.165, 1.54) is 17.8 Å². The number of carbonyl (C=O) groups is 2. The average molecular weight is 359 g/mol. The Morgan fingerprint density at radius 2 is 1.67 bits per heavy atom. The highest BCUT2D eigenvalue weighted by Gasteiger charge is 2.12. The zero-order chi connectivity index (χ0) is 19.2. The Balaban J connectivity index is 1.66. The lowest BCUT2D eigenvalue weighted by atomic mass is 10.1. The van der Waals surface area contributed by atoms with Gasteiger partial charge in [-0.05, 0) is 49.2 Å². The number of anilines is 1. The van der Waals surface area contributed by atoms with E-state index in [0.717, 1.165) is 11.1 Å². The molecule has 0 fully saturated rings. The fraction of sp³-hybridized carbons (Fsp3) is 0.136. The van der Waals surface area contributed by atoms with E-state index in [1.54, 1.807) is 6.07 Å². The average Bonchev–Trinajstić information content (AvgIpc) is 2.67. The Morgan fingerprint density at radius 3 is 2.41 bits per heavy atom. The van der Waals surface area contributed by atoms with Crippen LogP contribution in [0.15, 0.2) is 66.9 Å². The van der Waals surface area contributed by atoms with Gasteiger partial charge in [0.1, 0.15) is 5.69 Å². The first-order valence-corrected chi connectivity index (χ1v) is 8.69. The third kappa shape index (κ3) is 5.01. The summed E-state index contributed by atoms with van der Waals surface area (Å²) in [5, 5.41) is 5.65. The number of pyridine rings is 1. The van der Waals surface area contributed by atoms with Crippen LogP contribution < -0.4 is 10.6 Å². The number of nitrogens with zero attached hydrogens (tertiary/aromatic N) is 1. The van der Waals surface area contributed by atoms with Crippen molar-refractivity contribution in [1.82, 2.24) is 10.3 Å². The lowest BCUT2D eigenvalue weighted by Gasteiger charge is -2.08. The molecular formula is C22H21N3O2. The van der Waals surface area contributed by atoms with Crippen LogP contribution in [0.25, 0.3) is 0 Å². The second-order valence-corrected chi connectivity index (χ2v) is 6.42. The van der Waals surface area contributed by atoms with Gasteiger partial charge in [0.05, 0.1) is 0 Å². The highest BCUT2D eigenvalue weighted by atomic mass is 16.2. The van der Waals surface area contributed by atoms with E-state index in [2.05, 4.69) is 15.6 Å². The van der Waals surface area contributed by atoms with Crippen molar-refractivity contribution in [2.24, 2.45) is 0 Å². The van der Waals surface area contributed by atoms with Gasteiger partial charge in [-0.25, -0.2) is 0 Å². The van der Waals surface area contributed by atoms with E-state index >= 15 is 0 Å². The molecule has 0 atom stereocenters. The molecule has 2 aromatic carbocycles. The summed E-state index contributed by atoms with van der Waals surface area (Å²) in [6, 6.07) is 18.5. The summed E-state index contributed by atoms with van der Waals surface area (Å²) in [5.41, 5.74) is 4.51. The summed E-state index contributed by atoms with van der Waals surface area (Å²) < 4.78 is 0. The molecule has 136 valence electrons. The van der Waals surface area contributed by atoms with E-state index < -0.39 is 0 Å². The van der Waals surface area contributed by atoms with Crippen LogP contribution >= 0.6 is 0 Å². The molecule has 5 nitrogen and oxygen atoms in total. The quantitative estimate of drug-likeness (QED) is 0.726. The molecule has 1 heterocycles. The molecule has 1 aromatic heterocycles. The van der Waals surface area contributed by atoms with E-state index in [1.807, 2.05) is 62.4 Å². The SMILES string of the molecule is Cc1ccc(CNC(=O)c2ccnc(C(=O)Nc3cccc(C)c3)c2)cc1. The molecule has 0 radical (unpaired) electrons. The Morgan fingerprint density at radius 1 is 0.889 bits per heavy atom. The fourth-order valence-corrected chi connectivity index (χ4v) is 2.60. The molecule has 3 aromatic rings. The van der Waals surface area contributed by atoms with Crippen LogP contribution in [0.1, 0.15) is 37.5 Å². The van der Waals surface area contributed by atoms with Crippen molar-refractivity contribution in [2.45, 2.75) is 20.4 Å². The second-order valence-electron chi connectivity index (χ2n) is 6.42. The highest BCUT2D eigenvalue weighted by molar-refractivity contribution is 6.04. The predicted molar refractivity (Wildman–Crippen MR) is 106 cm³/mol. The summed E-state index contributed by atoms with van der Waals surface area (Å²) in [5.74, 6) is -0.601. The summed E-state index contributed by atoms with van der Waals surface area (Å²) in [4.78, 5) is 28.9. The minimum Gasteiger partial charge on any atom is -0.348 e. The minimum absolute atomic E-state index is 0.194. The van der Waals surface area contributed by atoms with Gasteiger partial charge >= 0.3 is 0 Å². The van der Waals surface area contributed by atoms with Gasteiger partial charge < -0.3 is 10.6 Å². The molecule has 0 aliphatic carbocycles. The van der Waals surface area contributed by atoms with Crippen LogP contribution in [-0.2, 0) is 6.54 Å². The summed E-state index contributed by atoms with van der Waals surface area (Å²) in [6.07, 6.45) is 1.46. The van der Waals surface area contributed by atoms with Crippen molar-refractivity contribution in [3.05, 3.63) is 94.8 Å². The first-order valence-electron chi connectivity index (χ1n) is 8.69. The standard InChI is InChI=1S/C22H21N3O2/c1-15-6-8-17(9-7-15)14-24-21(26)18-10-11-23-20(13-18)22(27)25-19-5-3-4-16(2)12-19/h3-13H,14H2,1-2H3,(H,24,26)(H,25,27). The van der Waals surface area contributed by atoms with Crippen LogP contribution in [-0.4, -0.2) is 16.8 Å². The first kappa shape index (κ1) is 18.3. The van der Waals surface area contributed by atoms with Crippen molar-refractivity contribution in [3.8, 4) is 0 Å². The first-order chi connectivity index (χ1) is 13.0. The molecule has 0 aliphatic rings. The topological polar surface area (TPSA) is 71.1 Å². The third-order valence-corrected chi connectivity index (χ3v) is 4.10. The number of hydrogen-bond acceptors (Lipinski definition) is 3. The second kappa shape index (κ2) is 8.27. The summed E-state index contributed by atoms with van der Waals surface area (Å²) in [6.45, 7) is 4.39. The van der Waals surface area contributed by atoms with Crippen LogP contribution in [0, 0.1) is 13.8 Å². The molecule has 0 saturated carbocycles. The lowest BCUT2D eigenvalue weighted by Crippen LogP contribution is -2.23. The van der Waals surface area contributed by atoms with Crippen LogP contribution in [0.2, 0.25) is 0 Å². The maximum atomic E-state index is 12.4. The molecule has 5 heteroatoms. The Hall–Kier alpha value is -3.47. The molecule has 0 saturated heterocycles. The van der Waals surface area contributed by atoms with E-state index in [4.69, 9.17) is 0 Å². The smallest absolute Gasteiger partial charge is 0.274 e. The van der Waals surface area contributed by atoms with Crippen molar-refractivity contribution in [2.75, 3.05) is 5.32 Å². The van der Waals surface area contributed by atoms with Gasteiger partial charge in [-0.2, -0.15) is 0 Å². The van der Waals surface area contributed by atoms with Gasteiger partial charge in [-0.3, -0.25) is 14.6 Å². The van der Waals surface area contributed by atoms with Crippen molar-refractivity contribution in [3.63, 3.8) is 0 Å². The fourth-order valence-electron chi connectivity index (χ4n) is 2.60. The molecule has 0 bridgehead atoms. The van der Waals surface area contributed by atoms with Crippen LogP contribution in [0.5, 0.6) is 0 Å². The van der Waals surface area contributed by atoms with Gasteiger partial charge in [0.25, 0.3) is 11.8 Å². The number of carbonyl (C=O) groups excluding carboxylic acids is 2. The summed E-state index contributed by atoms with van der Waals surface area (Å²) >= 11 is 0. The van der Waals surface area contributed by atoms with Gasteiger partial charge in [0.2, 0.25) is 0 Å². The van der Waals surface area contributed by atoms with E-state index in [0.29, 0.717) is 17.8 Å². The minimum atomic E-state index is -0.353. The van der Waals surface area contributed by atoms with Gasteiger partial charge in [0.15, 0.2) is 0 Å². The van der Waals surface area contributed by atoms with Crippen molar-refractivity contribution >= 4 is 17.5 Å². The molecule has 2 amide bonds. The largest absolute Gasteiger partial charge is 0.348 e. The van der Waals surface area contributed by atoms with Crippen LogP contribution in [0.3, 0.4) is 0 Å². The number of rotatable bonds is 5. The Bertz CT molecular complexity index is 965. The van der Waals surface area contributed by atoms with Gasteiger partial charge in [-0.1, -0.05) is 42.0 Å². The zero-order valence-corrected chi connectivity index (χ0v) is 15.3. The van der Waals surface area contributed by atoms with Crippen molar-refractivity contribution in [1.29, 1.82) is 0 Å². The molecule has 0 aliphatic heterocycles. The Labute approximate surface area is 158 Å². The molecule has 0 spiro atoms. The van der Waals surface area contributed by atoms with Crippen molar-refractivity contribution < 1.29 is 9.59 Å². The maximum absolute atomic E-state index is 12.4. The Kier molecular flexibility index (Phi) is 5.61. The number of aromatic nitrogens is 1. The third-order valence-electron chi connectivity index (χ3n) is 4.10. The predicted octanol–water partition coefficient (Wildman–Crippen LogP) is 3.88. The number of hydrogen-bond donors (Lipinski definition) is 2. The maximum Gasteiger partial charge on any atom is 0.274 e. The molecule has 2 N–H and O–H groups in total. The number of aryl methyl sites for hydroxylation is 2. The molecule has 27 heavy (non-hydrogen) atoms. The zero-order valence-electron chi connectivity index (χ0n) is 15.3. The number of benzene rings is 2. The molecule has 0 unspecified atom stereocenters. The monoisotopic (exact) mass is 359 g/mol.